The fraction of sp³-hybridized carbons (Fsp3) is 0.632. The standard InChI is InChI=1S/C19H29N3O/c1-20-18(22-14-19(11-5-12-19)16-8-9-16)21-13-10-15-6-3-4-7-17(15)23-2/h3-4,6-7,16H,5,8-14H2,1-2H3,(H2,20,21,22). The monoisotopic (exact) mass is 315 g/mol. The molecule has 23 heavy (non-hydrogen) atoms. The van der Waals surface area contributed by atoms with E-state index in [1.165, 1.54) is 37.7 Å². The first kappa shape index (κ1) is 16.2. The number of aliphatic imine (C=N–C) groups is 1. The van der Waals surface area contributed by atoms with Crippen LogP contribution >= 0.6 is 0 Å². The minimum absolute atomic E-state index is 0.570. The predicted molar refractivity (Wildman–Crippen MR) is 95.1 cm³/mol. The molecular weight excluding hydrogens is 286 g/mol. The maximum absolute atomic E-state index is 5.40. The van der Waals surface area contributed by atoms with Crippen molar-refractivity contribution in [3.63, 3.8) is 0 Å². The van der Waals surface area contributed by atoms with Crippen LogP contribution in [0.4, 0.5) is 0 Å². The molecule has 2 aliphatic carbocycles. The van der Waals surface area contributed by atoms with Gasteiger partial charge in [-0.15, -0.1) is 0 Å². The molecule has 1 aromatic carbocycles. The molecule has 0 aromatic heterocycles. The zero-order valence-electron chi connectivity index (χ0n) is 14.4. The van der Waals surface area contributed by atoms with Crippen molar-refractivity contribution in [3.05, 3.63) is 29.8 Å². The molecule has 4 heteroatoms. The fourth-order valence-electron chi connectivity index (χ4n) is 3.76. The van der Waals surface area contributed by atoms with Crippen LogP contribution in [0.2, 0.25) is 0 Å². The highest BCUT2D eigenvalue weighted by molar-refractivity contribution is 5.79. The Kier molecular flexibility index (Phi) is 5.09. The fourth-order valence-corrected chi connectivity index (χ4v) is 3.76. The van der Waals surface area contributed by atoms with Gasteiger partial charge in [0.2, 0.25) is 0 Å². The molecule has 1 aromatic rings. The number of hydrogen-bond acceptors (Lipinski definition) is 2. The van der Waals surface area contributed by atoms with E-state index in [0.29, 0.717) is 5.41 Å². The van der Waals surface area contributed by atoms with Crippen LogP contribution in [0.1, 0.15) is 37.7 Å². The number of methoxy groups -OCH3 is 1. The van der Waals surface area contributed by atoms with E-state index in [2.05, 4.69) is 27.8 Å². The molecule has 126 valence electrons. The first-order valence-corrected chi connectivity index (χ1v) is 8.84. The van der Waals surface area contributed by atoms with Crippen molar-refractivity contribution in [1.82, 2.24) is 10.6 Å². The third kappa shape index (κ3) is 3.80. The van der Waals surface area contributed by atoms with Crippen molar-refractivity contribution in [2.75, 3.05) is 27.2 Å². The van der Waals surface area contributed by atoms with Gasteiger partial charge in [-0.05, 0) is 55.1 Å². The Morgan fingerprint density at radius 3 is 2.65 bits per heavy atom. The highest BCUT2D eigenvalue weighted by Gasteiger charge is 2.48. The van der Waals surface area contributed by atoms with Crippen molar-refractivity contribution in [1.29, 1.82) is 0 Å². The molecule has 2 fully saturated rings. The van der Waals surface area contributed by atoms with Gasteiger partial charge in [0.25, 0.3) is 0 Å². The molecular formula is C19H29N3O. The molecule has 0 spiro atoms. The van der Waals surface area contributed by atoms with Crippen LogP contribution in [0, 0.1) is 11.3 Å². The Morgan fingerprint density at radius 1 is 1.26 bits per heavy atom. The number of ether oxygens (including phenoxy) is 1. The second kappa shape index (κ2) is 7.24. The second-order valence-electron chi connectivity index (χ2n) is 6.90. The third-order valence-electron chi connectivity index (χ3n) is 5.50. The lowest BCUT2D eigenvalue weighted by Crippen LogP contribution is -2.47. The molecule has 3 rings (SSSR count). The van der Waals surface area contributed by atoms with Crippen molar-refractivity contribution >= 4 is 5.96 Å². The minimum Gasteiger partial charge on any atom is -0.496 e. The lowest BCUT2D eigenvalue weighted by Gasteiger charge is -2.43. The molecule has 2 saturated carbocycles. The summed E-state index contributed by atoms with van der Waals surface area (Å²) >= 11 is 0. The van der Waals surface area contributed by atoms with Crippen LogP contribution in [-0.2, 0) is 6.42 Å². The summed E-state index contributed by atoms with van der Waals surface area (Å²) < 4.78 is 5.40. The summed E-state index contributed by atoms with van der Waals surface area (Å²) in [7, 11) is 3.58. The van der Waals surface area contributed by atoms with Gasteiger partial charge in [-0.25, -0.2) is 0 Å². The van der Waals surface area contributed by atoms with Crippen LogP contribution in [0.25, 0.3) is 0 Å². The van der Waals surface area contributed by atoms with Gasteiger partial charge >= 0.3 is 0 Å². The Balaban J connectivity index is 1.44. The number of hydrogen-bond donors (Lipinski definition) is 2. The van der Waals surface area contributed by atoms with Crippen molar-refractivity contribution < 1.29 is 4.74 Å². The normalized spacial score (nSPS) is 19.8. The minimum atomic E-state index is 0.570. The molecule has 0 aliphatic heterocycles. The Bertz CT molecular complexity index is 547. The van der Waals surface area contributed by atoms with Gasteiger partial charge in [0.15, 0.2) is 5.96 Å². The number of rotatable bonds is 7. The van der Waals surface area contributed by atoms with Gasteiger partial charge in [0.1, 0.15) is 5.75 Å². The molecule has 0 radical (unpaired) electrons. The van der Waals surface area contributed by atoms with Crippen molar-refractivity contribution in [2.24, 2.45) is 16.3 Å². The van der Waals surface area contributed by atoms with E-state index < -0.39 is 0 Å². The highest BCUT2D eigenvalue weighted by Crippen LogP contribution is 2.56. The largest absolute Gasteiger partial charge is 0.496 e. The highest BCUT2D eigenvalue weighted by atomic mass is 16.5. The molecule has 4 nitrogen and oxygen atoms in total. The Hall–Kier alpha value is -1.71. The molecule has 0 heterocycles. The Morgan fingerprint density at radius 2 is 2.04 bits per heavy atom. The third-order valence-corrected chi connectivity index (χ3v) is 5.50. The number of nitrogens with one attached hydrogen (secondary N) is 2. The second-order valence-corrected chi connectivity index (χ2v) is 6.90. The number of nitrogens with zero attached hydrogens (tertiary/aromatic N) is 1. The predicted octanol–water partition coefficient (Wildman–Crippen LogP) is 2.98. The van der Waals surface area contributed by atoms with Gasteiger partial charge in [0.05, 0.1) is 7.11 Å². The van der Waals surface area contributed by atoms with E-state index >= 15 is 0 Å². The quantitative estimate of drug-likeness (QED) is 0.600. The van der Waals surface area contributed by atoms with Gasteiger partial charge in [-0.2, -0.15) is 0 Å². The van der Waals surface area contributed by atoms with Crippen LogP contribution in [-0.4, -0.2) is 33.2 Å². The average Bonchev–Trinajstić information content (AvgIpc) is 3.37. The molecule has 2 N–H and O–H groups in total. The summed E-state index contributed by atoms with van der Waals surface area (Å²) in [4.78, 5) is 4.37. The SMILES string of the molecule is CN=C(NCCc1ccccc1OC)NCC1(C2CC2)CCC1. The summed E-state index contributed by atoms with van der Waals surface area (Å²) in [5.74, 6) is 2.85. The van der Waals surface area contributed by atoms with Gasteiger partial charge in [0, 0.05) is 20.1 Å². The summed E-state index contributed by atoms with van der Waals surface area (Å²) in [6, 6.07) is 8.19. The Labute approximate surface area is 139 Å². The number of para-hydroxylation sites is 1. The zero-order chi connectivity index (χ0) is 16.1. The zero-order valence-corrected chi connectivity index (χ0v) is 14.4. The van der Waals surface area contributed by atoms with Crippen molar-refractivity contribution in [3.8, 4) is 5.75 Å². The summed E-state index contributed by atoms with van der Waals surface area (Å²) in [5, 5.41) is 6.99. The maximum atomic E-state index is 5.40. The lowest BCUT2D eigenvalue weighted by molar-refractivity contribution is 0.106. The molecule has 0 saturated heterocycles. The smallest absolute Gasteiger partial charge is 0.191 e. The van der Waals surface area contributed by atoms with Crippen molar-refractivity contribution in [2.45, 2.75) is 38.5 Å². The van der Waals surface area contributed by atoms with Gasteiger partial charge in [-0.3, -0.25) is 4.99 Å². The van der Waals surface area contributed by atoms with Gasteiger partial charge < -0.3 is 15.4 Å². The van der Waals surface area contributed by atoms with E-state index in [1.807, 2.05) is 19.2 Å². The maximum Gasteiger partial charge on any atom is 0.191 e. The molecule has 2 aliphatic rings. The van der Waals surface area contributed by atoms with Crippen LogP contribution in [0.3, 0.4) is 0 Å². The first-order valence-electron chi connectivity index (χ1n) is 8.84. The summed E-state index contributed by atoms with van der Waals surface area (Å²) in [6.07, 6.45) is 7.98. The summed E-state index contributed by atoms with van der Waals surface area (Å²) in [6.45, 7) is 1.93. The average molecular weight is 315 g/mol. The molecule has 0 unspecified atom stereocenters. The van der Waals surface area contributed by atoms with Crippen LogP contribution in [0.15, 0.2) is 29.3 Å². The molecule has 0 bridgehead atoms. The van der Waals surface area contributed by atoms with E-state index in [4.69, 9.17) is 4.74 Å². The van der Waals surface area contributed by atoms with E-state index in [0.717, 1.165) is 37.1 Å². The van der Waals surface area contributed by atoms with E-state index in [1.54, 1.807) is 7.11 Å². The topological polar surface area (TPSA) is 45.7 Å². The molecule has 0 atom stereocenters. The number of benzene rings is 1. The van der Waals surface area contributed by atoms with E-state index in [-0.39, 0.29) is 0 Å². The van der Waals surface area contributed by atoms with Crippen LogP contribution < -0.4 is 15.4 Å². The van der Waals surface area contributed by atoms with Crippen LogP contribution in [0.5, 0.6) is 5.75 Å². The van der Waals surface area contributed by atoms with E-state index in [9.17, 15) is 0 Å². The van der Waals surface area contributed by atoms with Gasteiger partial charge in [-0.1, -0.05) is 24.6 Å². The first-order chi connectivity index (χ1) is 11.3. The summed E-state index contributed by atoms with van der Waals surface area (Å²) in [5.41, 5.74) is 1.80. The number of guanidine groups is 1. The lowest BCUT2D eigenvalue weighted by atomic mass is 9.65. The molecule has 0 amide bonds.